The molecular formula is C30H30N2O6S2. The molecule has 3 aliphatic rings. The Morgan fingerprint density at radius 3 is 2.42 bits per heavy atom. The van der Waals surface area contributed by atoms with Crippen LogP contribution in [0.2, 0.25) is 0 Å². The number of benzene rings is 3. The zero-order valence-electron chi connectivity index (χ0n) is 22.4. The second-order valence-electron chi connectivity index (χ2n) is 10.9. The first-order chi connectivity index (χ1) is 19.4. The van der Waals surface area contributed by atoms with Gasteiger partial charge in [0.15, 0.2) is 5.75 Å². The minimum atomic E-state index is -4.25. The summed E-state index contributed by atoms with van der Waals surface area (Å²) in [5, 5.41) is 0. The molecule has 2 saturated carbocycles. The third-order valence-electron chi connectivity index (χ3n) is 9.15. The van der Waals surface area contributed by atoms with Crippen molar-refractivity contribution in [1.29, 1.82) is 0 Å². The van der Waals surface area contributed by atoms with Crippen LogP contribution in [0.5, 0.6) is 23.0 Å². The number of hydrogen-bond acceptors (Lipinski definition) is 9. The summed E-state index contributed by atoms with van der Waals surface area (Å²) >= 11 is 0.970. The van der Waals surface area contributed by atoms with Crippen LogP contribution in [-0.4, -0.2) is 31.4 Å². The van der Waals surface area contributed by atoms with Crippen LogP contribution in [0.25, 0.3) is 11.0 Å². The second-order valence-corrected chi connectivity index (χ2v) is 13.0. The molecule has 2 aliphatic carbocycles. The highest BCUT2D eigenvalue weighted by atomic mass is 32.2. The fourth-order valence-electron chi connectivity index (χ4n) is 7.53. The maximum absolute atomic E-state index is 13.8. The van der Waals surface area contributed by atoms with Crippen molar-refractivity contribution in [1.82, 2.24) is 8.75 Å². The molecule has 0 saturated heterocycles. The molecule has 10 heteroatoms. The Balaban J connectivity index is 1.40. The highest BCUT2D eigenvalue weighted by molar-refractivity contribution is 7.87. The van der Waals surface area contributed by atoms with Gasteiger partial charge in [0.25, 0.3) is 0 Å². The number of nitrogens with zero attached hydrogens (tertiary/aromatic N) is 2. The fraction of sp³-hybridized carbons (Fsp3) is 0.400. The summed E-state index contributed by atoms with van der Waals surface area (Å²) in [5.74, 6) is 2.43. The zero-order chi connectivity index (χ0) is 27.5. The van der Waals surface area contributed by atoms with Crippen LogP contribution < -0.4 is 18.4 Å². The molecule has 0 amide bonds. The molecule has 40 heavy (non-hydrogen) atoms. The Bertz CT molecular complexity index is 1710. The lowest BCUT2D eigenvalue weighted by Crippen LogP contribution is -2.51. The molecule has 1 aliphatic heterocycles. The maximum Gasteiger partial charge on any atom is 0.341 e. The molecule has 3 aromatic carbocycles. The van der Waals surface area contributed by atoms with Crippen molar-refractivity contribution in [3.8, 4) is 23.0 Å². The van der Waals surface area contributed by atoms with E-state index >= 15 is 0 Å². The lowest BCUT2D eigenvalue weighted by molar-refractivity contribution is -0.0360. The van der Waals surface area contributed by atoms with Gasteiger partial charge >= 0.3 is 10.1 Å². The average Bonchev–Trinajstić information content (AvgIpc) is 3.73. The zero-order valence-corrected chi connectivity index (χ0v) is 24.0. The minimum absolute atomic E-state index is 0.0140. The van der Waals surface area contributed by atoms with Crippen LogP contribution in [0, 0.1) is 5.92 Å². The standard InChI is InChI=1S/C30H30N2O6S2/c1-35-19-10-12-21-24(17-19)37-30(16-6-9-27(30)29(21)14-3-4-15-29)22-13-11-20(36-2)18-25(22)38-40(33,34)26-8-5-7-23-28(26)32-39-31-23/h5,7-8,10-13,17-18,27H,3-4,6,9,14-16H2,1-2H3/t27-,30-/m0/s1. The summed E-state index contributed by atoms with van der Waals surface area (Å²) in [7, 11) is -1.04. The Hall–Kier alpha value is -3.37. The summed E-state index contributed by atoms with van der Waals surface area (Å²) in [6.45, 7) is 0. The lowest BCUT2D eigenvalue weighted by atomic mass is 9.60. The van der Waals surface area contributed by atoms with Crippen molar-refractivity contribution < 1.29 is 26.8 Å². The molecule has 0 unspecified atom stereocenters. The number of rotatable bonds is 6. The van der Waals surface area contributed by atoms with Gasteiger partial charge in [-0.3, -0.25) is 0 Å². The molecule has 0 N–H and O–H groups in total. The van der Waals surface area contributed by atoms with Crippen molar-refractivity contribution in [2.45, 2.75) is 60.9 Å². The van der Waals surface area contributed by atoms with Gasteiger partial charge in [0, 0.05) is 34.6 Å². The van der Waals surface area contributed by atoms with Gasteiger partial charge in [-0.05, 0) is 62.4 Å². The number of aromatic nitrogens is 2. The number of ether oxygens (including phenoxy) is 3. The Labute approximate surface area is 237 Å². The van der Waals surface area contributed by atoms with E-state index in [-0.39, 0.29) is 22.0 Å². The van der Waals surface area contributed by atoms with Gasteiger partial charge in [0.1, 0.15) is 38.8 Å². The minimum Gasteiger partial charge on any atom is -0.497 e. The predicted octanol–water partition coefficient (Wildman–Crippen LogP) is 6.38. The normalized spacial score (nSPS) is 23.0. The summed E-state index contributed by atoms with van der Waals surface area (Å²) < 4.78 is 60.1. The third kappa shape index (κ3) is 3.72. The number of hydrogen-bond donors (Lipinski definition) is 0. The maximum atomic E-state index is 13.8. The van der Waals surface area contributed by atoms with Gasteiger partial charge in [-0.25, -0.2) is 0 Å². The van der Waals surface area contributed by atoms with E-state index in [2.05, 4.69) is 14.8 Å². The molecule has 208 valence electrons. The van der Waals surface area contributed by atoms with Crippen LogP contribution in [0.3, 0.4) is 0 Å². The third-order valence-corrected chi connectivity index (χ3v) is 11.0. The van der Waals surface area contributed by atoms with E-state index < -0.39 is 15.7 Å². The Morgan fingerprint density at radius 1 is 0.900 bits per heavy atom. The van der Waals surface area contributed by atoms with E-state index in [4.69, 9.17) is 18.4 Å². The van der Waals surface area contributed by atoms with Crippen LogP contribution in [-0.2, 0) is 21.1 Å². The van der Waals surface area contributed by atoms with E-state index in [1.54, 1.807) is 32.4 Å². The van der Waals surface area contributed by atoms with Crippen LogP contribution in [0.15, 0.2) is 59.5 Å². The van der Waals surface area contributed by atoms with Crippen molar-refractivity contribution in [2.75, 3.05) is 14.2 Å². The molecular weight excluding hydrogens is 548 g/mol. The molecule has 2 fully saturated rings. The molecule has 0 bridgehead atoms. The van der Waals surface area contributed by atoms with E-state index in [0.717, 1.165) is 73.7 Å². The second kappa shape index (κ2) is 9.34. The predicted molar refractivity (Wildman–Crippen MR) is 151 cm³/mol. The monoisotopic (exact) mass is 578 g/mol. The molecule has 2 atom stereocenters. The van der Waals surface area contributed by atoms with Crippen LogP contribution >= 0.6 is 11.7 Å². The molecule has 7 rings (SSSR count). The summed E-state index contributed by atoms with van der Waals surface area (Å²) in [4.78, 5) is -0.0140. The van der Waals surface area contributed by atoms with Crippen molar-refractivity contribution in [3.05, 3.63) is 65.7 Å². The van der Waals surface area contributed by atoms with Crippen LogP contribution in [0.1, 0.15) is 56.1 Å². The molecule has 4 aromatic rings. The van der Waals surface area contributed by atoms with E-state index in [1.165, 1.54) is 11.6 Å². The number of fused-ring (bicyclic) bond motifs is 5. The van der Waals surface area contributed by atoms with Gasteiger partial charge in [-0.2, -0.15) is 17.2 Å². The highest BCUT2D eigenvalue weighted by Crippen LogP contribution is 2.66. The quantitative estimate of drug-likeness (QED) is 0.243. The van der Waals surface area contributed by atoms with Crippen molar-refractivity contribution in [2.24, 2.45) is 5.92 Å². The van der Waals surface area contributed by atoms with E-state index in [9.17, 15) is 8.42 Å². The van der Waals surface area contributed by atoms with Gasteiger partial charge in [0.2, 0.25) is 0 Å². The summed E-state index contributed by atoms with van der Waals surface area (Å²) in [6, 6.07) is 16.5. The van der Waals surface area contributed by atoms with E-state index in [1.807, 2.05) is 24.3 Å². The molecule has 1 spiro atoms. The largest absolute Gasteiger partial charge is 0.497 e. The van der Waals surface area contributed by atoms with Gasteiger partial charge in [-0.15, -0.1) is 0 Å². The van der Waals surface area contributed by atoms with E-state index in [0.29, 0.717) is 16.8 Å². The first-order valence-electron chi connectivity index (χ1n) is 13.6. The van der Waals surface area contributed by atoms with Gasteiger partial charge < -0.3 is 18.4 Å². The number of methoxy groups -OCH3 is 2. The molecule has 1 aromatic heterocycles. The molecule has 2 heterocycles. The summed E-state index contributed by atoms with van der Waals surface area (Å²) in [6.07, 6.45) is 7.18. The Kier molecular flexibility index (Phi) is 5.98. The topological polar surface area (TPSA) is 96.8 Å². The van der Waals surface area contributed by atoms with Gasteiger partial charge in [0.05, 0.1) is 25.9 Å². The first kappa shape index (κ1) is 25.6. The summed E-state index contributed by atoms with van der Waals surface area (Å²) in [5.41, 5.74) is 1.97. The molecule has 8 nitrogen and oxygen atoms in total. The van der Waals surface area contributed by atoms with Gasteiger partial charge in [-0.1, -0.05) is 25.0 Å². The smallest absolute Gasteiger partial charge is 0.341 e. The SMILES string of the molecule is COc1ccc2c(c1)O[C@]1(c3ccc(OC)cc3OS(=O)(=O)c3cccc4nsnc34)CCC[C@H]1C21CCCC1. The fourth-order valence-corrected chi connectivity index (χ4v) is 9.23. The van der Waals surface area contributed by atoms with Crippen LogP contribution in [0.4, 0.5) is 0 Å². The van der Waals surface area contributed by atoms with Crippen molar-refractivity contribution in [3.63, 3.8) is 0 Å². The molecule has 0 radical (unpaired) electrons. The van der Waals surface area contributed by atoms with Crippen molar-refractivity contribution >= 4 is 32.9 Å². The highest BCUT2D eigenvalue weighted by Gasteiger charge is 2.62. The first-order valence-corrected chi connectivity index (χ1v) is 15.8. The average molecular weight is 579 g/mol. The Morgan fingerprint density at radius 2 is 1.65 bits per heavy atom. The lowest BCUT2D eigenvalue weighted by Gasteiger charge is -2.51.